The standard InChI is InChI=1S/C62H113NO7/c1-6-8-10-12-14-16-18-20-22-24-26-28-30-32-34-36-38-40-42-44-46-48-50-52-60(64)69-57-58(56-68-55-54-59(62(66)67)63(3,4)5)70-61(65)53-51-49-47-45-43-41-39-37-35-33-31-29-27-25-23-21-19-17-15-13-11-9-7-2/h9,11,15,17,21,23,27,29,58-59H,6-8,10,12-14,16,18-20,22,24-26,28,30-57H2,1-5H3/p+1/b11-9-,17-15-,23-21-,29-27-. The molecule has 0 fully saturated rings. The zero-order valence-corrected chi connectivity index (χ0v) is 46.7. The minimum absolute atomic E-state index is 0.0495. The predicted octanol–water partition coefficient (Wildman–Crippen LogP) is 17.9. The first-order valence-electron chi connectivity index (χ1n) is 29.7. The highest BCUT2D eigenvalue weighted by atomic mass is 16.6. The van der Waals surface area contributed by atoms with Crippen molar-refractivity contribution in [1.29, 1.82) is 0 Å². The Kier molecular flexibility index (Phi) is 50.6. The molecule has 0 aliphatic rings. The SMILES string of the molecule is CC/C=C\C/C=C\C/C=C\C/C=C\CCCCCCCCCCCCC(=O)OC(COCCC(C(=O)O)[N+](C)(C)C)COC(=O)CCCCCCCCCCCCCCCCCCCCCCCCC. The summed E-state index contributed by atoms with van der Waals surface area (Å²) in [6.07, 6.45) is 66.1. The molecule has 0 aliphatic heterocycles. The van der Waals surface area contributed by atoms with Crippen molar-refractivity contribution < 1.29 is 38.2 Å². The molecule has 0 rings (SSSR count). The molecule has 0 aromatic carbocycles. The zero-order chi connectivity index (χ0) is 51.3. The maximum atomic E-state index is 12.9. The van der Waals surface area contributed by atoms with Crippen molar-refractivity contribution in [3.05, 3.63) is 48.6 Å². The molecule has 0 radical (unpaired) electrons. The number of carboxylic acids is 1. The summed E-state index contributed by atoms with van der Waals surface area (Å²) >= 11 is 0. The van der Waals surface area contributed by atoms with Crippen molar-refractivity contribution in [3.63, 3.8) is 0 Å². The maximum absolute atomic E-state index is 12.9. The summed E-state index contributed by atoms with van der Waals surface area (Å²) in [6, 6.07) is -0.616. The van der Waals surface area contributed by atoms with E-state index in [0.717, 1.165) is 64.2 Å². The number of unbranched alkanes of at least 4 members (excludes halogenated alkanes) is 32. The van der Waals surface area contributed by atoms with Gasteiger partial charge in [-0.05, 0) is 51.4 Å². The number of carboxylic acid groups (broad SMARTS) is 1. The van der Waals surface area contributed by atoms with E-state index in [1.54, 1.807) is 0 Å². The Balaban J connectivity index is 4.13. The van der Waals surface area contributed by atoms with Gasteiger partial charge in [-0.2, -0.15) is 0 Å². The summed E-state index contributed by atoms with van der Waals surface area (Å²) in [7, 11) is 5.55. The fourth-order valence-electron chi connectivity index (χ4n) is 8.97. The Morgan fingerprint density at radius 2 is 0.800 bits per heavy atom. The van der Waals surface area contributed by atoms with Gasteiger partial charge >= 0.3 is 17.9 Å². The molecule has 8 nitrogen and oxygen atoms in total. The molecule has 8 heteroatoms. The molecule has 0 aliphatic carbocycles. The lowest BCUT2D eigenvalue weighted by Crippen LogP contribution is -2.50. The fraction of sp³-hybridized carbons (Fsp3) is 0.823. The lowest BCUT2D eigenvalue weighted by atomic mass is 10.0. The molecule has 1 N–H and O–H groups in total. The number of rotatable bonds is 54. The van der Waals surface area contributed by atoms with E-state index in [4.69, 9.17) is 14.2 Å². The van der Waals surface area contributed by atoms with Gasteiger partial charge in [-0.15, -0.1) is 0 Å². The van der Waals surface area contributed by atoms with E-state index in [0.29, 0.717) is 19.3 Å². The van der Waals surface area contributed by atoms with Crippen LogP contribution in [0.2, 0.25) is 0 Å². The first kappa shape index (κ1) is 67.3. The van der Waals surface area contributed by atoms with Crippen molar-refractivity contribution >= 4 is 17.9 Å². The van der Waals surface area contributed by atoms with Crippen LogP contribution in [0.5, 0.6) is 0 Å². The van der Waals surface area contributed by atoms with Gasteiger partial charge in [0.1, 0.15) is 6.61 Å². The van der Waals surface area contributed by atoms with Crippen LogP contribution in [0, 0.1) is 0 Å². The van der Waals surface area contributed by atoms with Gasteiger partial charge in [0.2, 0.25) is 0 Å². The van der Waals surface area contributed by atoms with E-state index in [2.05, 4.69) is 62.5 Å². The lowest BCUT2D eigenvalue weighted by Gasteiger charge is -2.31. The van der Waals surface area contributed by atoms with Gasteiger partial charge in [-0.1, -0.05) is 255 Å². The first-order valence-corrected chi connectivity index (χ1v) is 29.7. The van der Waals surface area contributed by atoms with Crippen molar-refractivity contribution in [1.82, 2.24) is 0 Å². The smallest absolute Gasteiger partial charge is 0.362 e. The molecule has 0 aromatic heterocycles. The molecular formula is C62H114NO7+. The summed E-state index contributed by atoms with van der Waals surface area (Å²) in [5.41, 5.74) is 0. The van der Waals surface area contributed by atoms with Crippen LogP contribution in [0.25, 0.3) is 0 Å². The molecule has 0 saturated heterocycles. The van der Waals surface area contributed by atoms with Crippen molar-refractivity contribution in [2.75, 3.05) is 41.0 Å². The van der Waals surface area contributed by atoms with Crippen molar-refractivity contribution in [2.45, 2.75) is 289 Å². The molecule has 0 spiro atoms. The second-order valence-corrected chi connectivity index (χ2v) is 21.2. The van der Waals surface area contributed by atoms with Gasteiger partial charge in [0.25, 0.3) is 0 Å². The third-order valence-corrected chi connectivity index (χ3v) is 13.5. The Bertz CT molecular complexity index is 1280. The first-order chi connectivity index (χ1) is 34.1. The van der Waals surface area contributed by atoms with Crippen LogP contribution in [0.1, 0.15) is 277 Å². The fourth-order valence-corrected chi connectivity index (χ4v) is 8.97. The maximum Gasteiger partial charge on any atom is 0.362 e. The largest absolute Gasteiger partial charge is 0.477 e. The van der Waals surface area contributed by atoms with Crippen LogP contribution in [-0.2, 0) is 28.6 Å². The number of likely N-dealkylation sites (N-methyl/N-ethyl adjacent to an activating group) is 1. The molecule has 0 amide bonds. The average Bonchev–Trinajstić information content (AvgIpc) is 3.33. The zero-order valence-electron chi connectivity index (χ0n) is 46.7. The molecular weight excluding hydrogens is 871 g/mol. The molecule has 0 heterocycles. The number of ether oxygens (including phenoxy) is 3. The molecule has 408 valence electrons. The number of esters is 2. The number of aliphatic carboxylic acids is 1. The van der Waals surface area contributed by atoms with Crippen LogP contribution >= 0.6 is 0 Å². The summed E-state index contributed by atoms with van der Waals surface area (Å²) in [6.45, 7) is 4.67. The van der Waals surface area contributed by atoms with Gasteiger partial charge in [-0.3, -0.25) is 9.59 Å². The third kappa shape index (κ3) is 50.2. The number of quaternary nitrogens is 1. The quantitative estimate of drug-likeness (QED) is 0.0280. The Morgan fingerprint density at radius 3 is 1.19 bits per heavy atom. The van der Waals surface area contributed by atoms with Crippen molar-refractivity contribution in [3.8, 4) is 0 Å². The third-order valence-electron chi connectivity index (χ3n) is 13.5. The molecule has 2 atom stereocenters. The van der Waals surface area contributed by atoms with Gasteiger partial charge in [0.15, 0.2) is 12.1 Å². The van der Waals surface area contributed by atoms with Crippen LogP contribution in [-0.4, -0.2) is 80.6 Å². The Morgan fingerprint density at radius 1 is 0.443 bits per heavy atom. The molecule has 2 unspecified atom stereocenters. The van der Waals surface area contributed by atoms with Gasteiger partial charge < -0.3 is 23.8 Å². The number of hydrogen-bond donors (Lipinski definition) is 1. The number of nitrogens with zero attached hydrogens (tertiary/aromatic N) is 1. The van der Waals surface area contributed by atoms with E-state index < -0.39 is 18.1 Å². The summed E-state index contributed by atoms with van der Waals surface area (Å²) in [4.78, 5) is 37.3. The van der Waals surface area contributed by atoms with Crippen LogP contribution in [0.3, 0.4) is 0 Å². The average molecular weight is 986 g/mol. The molecule has 70 heavy (non-hydrogen) atoms. The normalized spacial score (nSPS) is 13.1. The molecule has 0 aromatic rings. The molecule has 0 bridgehead atoms. The van der Waals surface area contributed by atoms with E-state index in [1.165, 1.54) is 180 Å². The van der Waals surface area contributed by atoms with E-state index >= 15 is 0 Å². The minimum Gasteiger partial charge on any atom is -0.477 e. The highest BCUT2D eigenvalue weighted by Crippen LogP contribution is 2.17. The van der Waals surface area contributed by atoms with Gasteiger partial charge in [0, 0.05) is 19.3 Å². The minimum atomic E-state index is -0.872. The highest BCUT2D eigenvalue weighted by molar-refractivity contribution is 5.72. The van der Waals surface area contributed by atoms with Crippen LogP contribution < -0.4 is 0 Å². The Hall–Kier alpha value is -2.71. The number of allylic oxidation sites excluding steroid dienone is 8. The second kappa shape index (κ2) is 52.6. The summed E-state index contributed by atoms with van der Waals surface area (Å²) < 4.78 is 17.4. The lowest BCUT2D eigenvalue weighted by molar-refractivity contribution is -0.887. The van der Waals surface area contributed by atoms with Gasteiger partial charge in [0.05, 0.1) is 34.4 Å². The van der Waals surface area contributed by atoms with Gasteiger partial charge in [-0.25, -0.2) is 4.79 Å². The number of carbonyl (C=O) groups is 3. The topological polar surface area (TPSA) is 99.1 Å². The highest BCUT2D eigenvalue weighted by Gasteiger charge is 2.31. The Labute approximate surface area is 433 Å². The van der Waals surface area contributed by atoms with Crippen molar-refractivity contribution in [2.24, 2.45) is 0 Å². The predicted molar refractivity (Wildman–Crippen MR) is 298 cm³/mol. The molecule has 0 saturated carbocycles. The van der Waals surface area contributed by atoms with E-state index in [9.17, 15) is 19.5 Å². The second-order valence-electron chi connectivity index (χ2n) is 21.2. The summed E-state index contributed by atoms with van der Waals surface area (Å²) in [5.74, 6) is -1.45. The van der Waals surface area contributed by atoms with Crippen LogP contribution in [0.15, 0.2) is 48.6 Å². The number of carbonyl (C=O) groups excluding carboxylic acids is 2. The van der Waals surface area contributed by atoms with E-state index in [-0.39, 0.29) is 36.2 Å². The summed E-state index contributed by atoms with van der Waals surface area (Å²) in [5, 5.41) is 9.69. The van der Waals surface area contributed by atoms with E-state index in [1.807, 2.05) is 21.1 Å². The van der Waals surface area contributed by atoms with Crippen LogP contribution in [0.4, 0.5) is 0 Å². The number of hydrogen-bond acceptors (Lipinski definition) is 6. The monoisotopic (exact) mass is 985 g/mol.